The van der Waals surface area contributed by atoms with Crippen LogP contribution in [0.15, 0.2) is 59.0 Å². The minimum atomic E-state index is 0.102. The minimum absolute atomic E-state index is 0.102. The van der Waals surface area contributed by atoms with Gasteiger partial charge in [0.05, 0.1) is 6.04 Å². The van der Waals surface area contributed by atoms with Gasteiger partial charge in [0.1, 0.15) is 11.3 Å². The Bertz CT molecular complexity index is 702. The lowest BCUT2D eigenvalue weighted by Crippen LogP contribution is -2.23. The van der Waals surface area contributed by atoms with E-state index in [9.17, 15) is 0 Å². The fourth-order valence-electron chi connectivity index (χ4n) is 2.51. The largest absolute Gasteiger partial charge is 0.459 e. The number of hydrogen-bond acceptors (Lipinski definition) is 2. The average molecular weight is 391 g/mol. The Morgan fingerprint density at radius 1 is 1.10 bits per heavy atom. The van der Waals surface area contributed by atoms with Crippen molar-refractivity contribution >= 4 is 33.6 Å². The lowest BCUT2D eigenvalue weighted by Gasteiger charge is -2.18. The van der Waals surface area contributed by atoms with Gasteiger partial charge in [0.2, 0.25) is 0 Å². The zero-order valence-electron chi connectivity index (χ0n) is 12.0. The molecular weight excluding hydrogens is 373 g/mol. The van der Waals surface area contributed by atoms with Crippen molar-refractivity contribution in [2.24, 2.45) is 0 Å². The van der Waals surface area contributed by atoms with Crippen LogP contribution in [0.5, 0.6) is 0 Å². The molecule has 2 aromatic carbocycles. The van der Waals surface area contributed by atoms with Crippen molar-refractivity contribution < 1.29 is 4.42 Å². The van der Waals surface area contributed by atoms with Crippen molar-refractivity contribution in [2.75, 3.05) is 6.54 Å². The molecule has 0 aliphatic heterocycles. The van der Waals surface area contributed by atoms with Crippen molar-refractivity contribution in [3.8, 4) is 0 Å². The topological polar surface area (TPSA) is 25.2 Å². The van der Waals surface area contributed by atoms with E-state index < -0.39 is 0 Å². The fourth-order valence-corrected chi connectivity index (χ4v) is 3.21. The molecule has 1 atom stereocenters. The van der Waals surface area contributed by atoms with Crippen LogP contribution in [0.3, 0.4) is 0 Å². The van der Waals surface area contributed by atoms with Crippen LogP contribution < -0.4 is 5.32 Å². The molecule has 0 saturated heterocycles. The van der Waals surface area contributed by atoms with E-state index in [0.717, 1.165) is 29.7 Å². The molecule has 1 N–H and O–H groups in total. The lowest BCUT2D eigenvalue weighted by atomic mass is 10.0. The molecule has 0 saturated carbocycles. The third-order valence-corrected chi connectivity index (χ3v) is 4.53. The molecule has 0 aliphatic rings. The van der Waals surface area contributed by atoms with E-state index >= 15 is 0 Å². The second-order valence-corrected chi connectivity index (χ2v) is 6.26. The maximum atomic E-state index is 6.07. The van der Waals surface area contributed by atoms with Crippen LogP contribution in [-0.4, -0.2) is 6.54 Å². The number of rotatable bonds is 5. The monoisotopic (exact) mass is 391 g/mol. The molecule has 0 radical (unpaired) electrons. The Hall–Kier alpha value is -1.33. The van der Waals surface area contributed by atoms with Crippen molar-refractivity contribution in [2.45, 2.75) is 19.4 Å². The number of halogens is 1. The number of benzene rings is 2. The molecule has 21 heavy (non-hydrogen) atoms. The molecule has 1 heterocycles. The summed E-state index contributed by atoms with van der Waals surface area (Å²) in [5, 5.41) is 4.76. The first-order chi connectivity index (χ1) is 10.3. The molecule has 0 amide bonds. The van der Waals surface area contributed by atoms with Crippen LogP contribution in [0, 0.1) is 3.57 Å². The highest BCUT2D eigenvalue weighted by Crippen LogP contribution is 2.30. The molecule has 0 fully saturated rings. The van der Waals surface area contributed by atoms with Crippen LogP contribution in [0.2, 0.25) is 0 Å². The standard InChI is InChI=1S/C18H18INO/c1-2-11-20-18(14-8-4-5-9-15(14)19)17-12-13-7-3-6-10-16(13)21-17/h3-10,12,18,20H,2,11H2,1H3. The van der Waals surface area contributed by atoms with Crippen LogP contribution in [-0.2, 0) is 0 Å². The number of fused-ring (bicyclic) bond motifs is 1. The van der Waals surface area contributed by atoms with Gasteiger partial charge < -0.3 is 9.73 Å². The summed E-state index contributed by atoms with van der Waals surface area (Å²) in [6, 6.07) is 18.9. The molecule has 0 aliphatic carbocycles. The minimum Gasteiger partial charge on any atom is -0.459 e. The smallest absolute Gasteiger partial charge is 0.134 e. The summed E-state index contributed by atoms with van der Waals surface area (Å²) in [6.45, 7) is 3.14. The summed E-state index contributed by atoms with van der Waals surface area (Å²) in [5.74, 6) is 0.980. The molecule has 3 rings (SSSR count). The van der Waals surface area contributed by atoms with Gasteiger partial charge in [-0.2, -0.15) is 0 Å². The highest BCUT2D eigenvalue weighted by atomic mass is 127. The highest BCUT2D eigenvalue weighted by molar-refractivity contribution is 14.1. The van der Waals surface area contributed by atoms with Gasteiger partial charge in [-0.05, 0) is 59.3 Å². The SMILES string of the molecule is CCCNC(c1cc2ccccc2o1)c1ccccc1I. The van der Waals surface area contributed by atoms with Gasteiger partial charge in [0, 0.05) is 8.96 Å². The molecule has 0 bridgehead atoms. The summed E-state index contributed by atoms with van der Waals surface area (Å²) >= 11 is 2.39. The zero-order chi connectivity index (χ0) is 14.7. The zero-order valence-corrected chi connectivity index (χ0v) is 14.1. The van der Waals surface area contributed by atoms with Gasteiger partial charge in [0.15, 0.2) is 0 Å². The van der Waals surface area contributed by atoms with E-state index in [1.807, 2.05) is 18.2 Å². The maximum Gasteiger partial charge on any atom is 0.134 e. The van der Waals surface area contributed by atoms with E-state index in [4.69, 9.17) is 4.42 Å². The Morgan fingerprint density at radius 2 is 1.86 bits per heavy atom. The van der Waals surface area contributed by atoms with Gasteiger partial charge in [-0.25, -0.2) is 0 Å². The van der Waals surface area contributed by atoms with Crippen LogP contribution >= 0.6 is 22.6 Å². The Kier molecular flexibility index (Phi) is 4.60. The summed E-state index contributed by atoms with van der Waals surface area (Å²) in [5.41, 5.74) is 2.22. The maximum absolute atomic E-state index is 6.07. The Morgan fingerprint density at radius 3 is 2.62 bits per heavy atom. The summed E-state index contributed by atoms with van der Waals surface area (Å²) in [7, 11) is 0. The predicted octanol–water partition coefficient (Wildman–Crippen LogP) is 5.13. The van der Waals surface area contributed by atoms with Gasteiger partial charge in [-0.15, -0.1) is 0 Å². The van der Waals surface area contributed by atoms with E-state index in [1.54, 1.807) is 0 Å². The van der Waals surface area contributed by atoms with Gasteiger partial charge in [0.25, 0.3) is 0 Å². The molecule has 3 heteroatoms. The Balaban J connectivity index is 2.04. The molecule has 2 nitrogen and oxygen atoms in total. The fraction of sp³-hybridized carbons (Fsp3) is 0.222. The Labute approximate surface area is 138 Å². The van der Waals surface area contributed by atoms with E-state index in [0.29, 0.717) is 0 Å². The second kappa shape index (κ2) is 6.62. The first-order valence-corrected chi connectivity index (χ1v) is 8.33. The summed E-state index contributed by atoms with van der Waals surface area (Å²) in [6.07, 6.45) is 1.10. The third-order valence-electron chi connectivity index (χ3n) is 3.54. The molecular formula is C18H18INO. The number of nitrogens with one attached hydrogen (secondary N) is 1. The number of furan rings is 1. The molecule has 1 unspecified atom stereocenters. The third kappa shape index (κ3) is 3.14. The first-order valence-electron chi connectivity index (χ1n) is 7.26. The first kappa shape index (κ1) is 14.6. The summed E-state index contributed by atoms with van der Waals surface area (Å²) in [4.78, 5) is 0. The average Bonchev–Trinajstić information content (AvgIpc) is 2.93. The van der Waals surface area contributed by atoms with Crippen molar-refractivity contribution in [1.29, 1.82) is 0 Å². The predicted molar refractivity (Wildman–Crippen MR) is 95.5 cm³/mol. The van der Waals surface area contributed by atoms with Crippen LogP contribution in [0.1, 0.15) is 30.7 Å². The number of hydrogen-bond donors (Lipinski definition) is 1. The normalized spacial score (nSPS) is 12.7. The van der Waals surface area contributed by atoms with Gasteiger partial charge in [-0.1, -0.05) is 43.3 Å². The van der Waals surface area contributed by atoms with E-state index in [-0.39, 0.29) is 6.04 Å². The highest BCUT2D eigenvalue weighted by Gasteiger charge is 2.19. The van der Waals surface area contributed by atoms with Gasteiger partial charge >= 0.3 is 0 Å². The molecule has 0 spiro atoms. The van der Waals surface area contributed by atoms with Crippen molar-refractivity contribution in [3.05, 3.63) is 69.5 Å². The van der Waals surface area contributed by atoms with Crippen LogP contribution in [0.4, 0.5) is 0 Å². The molecule has 3 aromatic rings. The van der Waals surface area contributed by atoms with E-state index in [2.05, 4.69) is 71.2 Å². The van der Waals surface area contributed by atoms with Crippen molar-refractivity contribution in [1.82, 2.24) is 5.32 Å². The summed E-state index contributed by atoms with van der Waals surface area (Å²) < 4.78 is 7.32. The van der Waals surface area contributed by atoms with Crippen molar-refractivity contribution in [3.63, 3.8) is 0 Å². The quantitative estimate of drug-likeness (QED) is 0.611. The number of para-hydroxylation sites is 1. The lowest BCUT2D eigenvalue weighted by molar-refractivity contribution is 0.468. The molecule has 1 aromatic heterocycles. The van der Waals surface area contributed by atoms with Gasteiger partial charge in [-0.3, -0.25) is 0 Å². The van der Waals surface area contributed by atoms with E-state index in [1.165, 1.54) is 9.13 Å². The second-order valence-electron chi connectivity index (χ2n) is 5.10. The van der Waals surface area contributed by atoms with Crippen LogP contribution in [0.25, 0.3) is 11.0 Å². The molecule has 108 valence electrons.